The van der Waals surface area contributed by atoms with Crippen molar-refractivity contribution in [3.8, 4) is 45.4 Å². The lowest BCUT2D eigenvalue weighted by Crippen LogP contribution is -2.50. The van der Waals surface area contributed by atoms with Crippen LogP contribution < -0.4 is 15.5 Å². The van der Waals surface area contributed by atoms with Crippen LogP contribution in [0.1, 0.15) is 162 Å². The van der Waals surface area contributed by atoms with Gasteiger partial charge in [-0.05, 0) is 210 Å². The van der Waals surface area contributed by atoms with Crippen molar-refractivity contribution in [2.45, 2.75) is 174 Å². The molecule has 1 saturated carbocycles. The Hall–Kier alpha value is -4.11. The van der Waals surface area contributed by atoms with Gasteiger partial charge in [-0.1, -0.05) is 139 Å². The molecule has 17 heteroatoms. The zero-order valence-electron chi connectivity index (χ0n) is 51.5. The maximum absolute atomic E-state index is 15.9. The first-order valence-corrected chi connectivity index (χ1v) is 40.6. The van der Waals surface area contributed by atoms with Gasteiger partial charge in [0.05, 0.1) is 28.6 Å². The summed E-state index contributed by atoms with van der Waals surface area (Å²) in [7, 11) is 11.0. The third-order valence-corrected chi connectivity index (χ3v) is 30.7. The molecule has 478 valence electrons. The van der Waals surface area contributed by atoms with Gasteiger partial charge in [0.25, 0.3) is 0 Å². The number of phenolic OH excluding ortho intramolecular Hbond substituents is 2. The largest absolute Gasteiger partial charge is 0.507 e. The summed E-state index contributed by atoms with van der Waals surface area (Å²) in [5.41, 5.74) is 10.8. The van der Waals surface area contributed by atoms with E-state index in [2.05, 4.69) is 85.9 Å². The second kappa shape index (κ2) is 24.8. The number of hydrogen-bond donors (Lipinski definition) is 8. The predicted octanol–water partition coefficient (Wildman–Crippen LogP) is 15.4. The molecule has 3 aliphatic carbocycles. The van der Waals surface area contributed by atoms with E-state index in [0.717, 1.165) is 107 Å². The van der Waals surface area contributed by atoms with Crippen LogP contribution in [0.15, 0.2) is 88.1 Å². The highest BCUT2D eigenvalue weighted by molar-refractivity contribution is 8.77. The van der Waals surface area contributed by atoms with Crippen LogP contribution in [-0.2, 0) is 37.9 Å². The highest BCUT2D eigenvalue weighted by Crippen LogP contribution is 2.62. The summed E-state index contributed by atoms with van der Waals surface area (Å²) in [6.07, 6.45) is 7.29. The second-order valence-corrected chi connectivity index (χ2v) is 36.4. The zero-order chi connectivity index (χ0) is 62.1. The molecule has 1 aromatic heterocycles. The molecule has 91 heavy (non-hydrogen) atoms. The van der Waals surface area contributed by atoms with E-state index in [4.69, 9.17) is 9.15 Å². The number of aliphatic hydroxyl groups is 4. The summed E-state index contributed by atoms with van der Waals surface area (Å²) in [6.45, 7) is 4.16. The summed E-state index contributed by atoms with van der Waals surface area (Å²) in [6, 6.07) is 28.5. The molecule has 6 aromatic carbocycles. The van der Waals surface area contributed by atoms with Crippen molar-refractivity contribution in [3.05, 3.63) is 150 Å². The molecule has 0 spiro atoms. The number of piperidine rings is 1. The van der Waals surface area contributed by atoms with Crippen LogP contribution in [0.25, 0.3) is 44.2 Å². The van der Waals surface area contributed by atoms with Crippen molar-refractivity contribution in [3.63, 3.8) is 0 Å². The average molecular weight is 1340 g/mol. The Kier molecular flexibility index (Phi) is 16.8. The number of aliphatic hydroxyl groups excluding tert-OH is 3. The Morgan fingerprint density at radius 3 is 2.36 bits per heavy atom. The minimum atomic E-state index is -1.01. The molecule has 7 aromatic rings. The van der Waals surface area contributed by atoms with E-state index in [1.54, 1.807) is 32.4 Å². The van der Waals surface area contributed by atoms with Crippen LogP contribution in [-0.4, -0.2) is 94.8 Å². The van der Waals surface area contributed by atoms with E-state index in [1.165, 1.54) is 28.3 Å². The van der Waals surface area contributed by atoms with Gasteiger partial charge < -0.3 is 50.2 Å². The van der Waals surface area contributed by atoms with E-state index in [9.17, 15) is 35.7 Å². The maximum atomic E-state index is 15.9. The van der Waals surface area contributed by atoms with E-state index in [0.29, 0.717) is 84.3 Å². The van der Waals surface area contributed by atoms with Crippen LogP contribution in [0, 0.1) is 29.6 Å². The zero-order valence-corrected chi connectivity index (χ0v) is 56.4. The van der Waals surface area contributed by atoms with Crippen molar-refractivity contribution >= 4 is 86.5 Å². The Bertz CT molecular complexity index is 4070. The number of aromatic hydroxyl groups is 3. The number of hydrogen-bond acceptors (Lipinski definition) is 17. The van der Waals surface area contributed by atoms with Crippen LogP contribution in [0.2, 0.25) is 0 Å². The lowest BCUT2D eigenvalue weighted by atomic mass is 9.64. The fraction of sp³-hybridized carbons (Fsp3) is 0.500. The van der Waals surface area contributed by atoms with Crippen molar-refractivity contribution in [1.29, 1.82) is 0 Å². The Morgan fingerprint density at radius 1 is 0.747 bits per heavy atom. The Labute approximate surface area is 556 Å². The molecule has 14 atom stereocenters. The molecule has 10 aliphatic heterocycles. The van der Waals surface area contributed by atoms with Crippen molar-refractivity contribution in [1.82, 2.24) is 5.32 Å². The first-order valence-electron chi connectivity index (χ1n) is 33.3. The number of nitrogens with one attached hydrogen (secondary N) is 1. The molecule has 13 aliphatic rings. The van der Waals surface area contributed by atoms with Crippen LogP contribution >= 0.6 is 64.8 Å². The van der Waals surface area contributed by atoms with Crippen LogP contribution in [0.3, 0.4) is 0 Å². The normalized spacial score (nSPS) is 31.0. The summed E-state index contributed by atoms with van der Waals surface area (Å²) >= 11 is 0. The van der Waals surface area contributed by atoms with Gasteiger partial charge in [0.2, 0.25) is 11.2 Å². The molecule has 0 radical (unpaired) electrons. The second-order valence-electron chi connectivity index (χ2n) is 28.6. The van der Waals surface area contributed by atoms with E-state index in [-0.39, 0.29) is 92.9 Å². The lowest BCUT2D eigenvalue weighted by Gasteiger charge is -2.45. The molecule has 8 N–H and O–H groups in total. The van der Waals surface area contributed by atoms with Gasteiger partial charge in [0.15, 0.2) is 5.76 Å². The predicted molar refractivity (Wildman–Crippen MR) is 375 cm³/mol. The van der Waals surface area contributed by atoms with E-state index in [1.807, 2.05) is 38.4 Å². The molecule has 22 bridgehead atoms. The molecule has 3 fully saturated rings. The molecule has 11 nitrogen and oxygen atoms in total. The summed E-state index contributed by atoms with van der Waals surface area (Å²) in [4.78, 5) is 15.9. The van der Waals surface area contributed by atoms with Gasteiger partial charge in [0, 0.05) is 76.5 Å². The Balaban J connectivity index is 0.935. The molecular weight excluding hydrogens is 1260 g/mol. The summed E-state index contributed by atoms with van der Waals surface area (Å²) in [5.74, 6) is 2.94. The average Bonchev–Trinajstić information content (AvgIpc) is 0.866. The highest BCUT2D eigenvalue weighted by atomic mass is 33.1. The fourth-order valence-electron chi connectivity index (χ4n) is 18.1. The maximum Gasteiger partial charge on any atom is 0.238 e. The molecule has 0 amide bonds. The topological polar surface area (TPSA) is 193 Å². The minimum absolute atomic E-state index is 0.00252. The number of benzene rings is 6. The SMILES string of the molecule is CC(C)Cc1cc2c3c(c1O)Cc1cccc(c1)C1NC4CSSCC5CC(O)(CCC5Cc5ccc(cc5)CC4CC1SSC3)CCC1Cc3ccc4c5c6c(cc(c35)C1CCO)-c1c(O)cc3oc-2c(O)c(=O)c3c1OC1CC6C(O)C4SSCCCC1O. The third kappa shape index (κ3) is 11.0. The van der Waals surface area contributed by atoms with Crippen LogP contribution in [0.4, 0.5) is 0 Å². The number of phenols is 2. The number of rotatable bonds is 4. The van der Waals surface area contributed by atoms with Gasteiger partial charge >= 0.3 is 0 Å². The molecular formula is C74H81NO10S6. The van der Waals surface area contributed by atoms with Gasteiger partial charge in [-0.3, -0.25) is 4.79 Å². The Morgan fingerprint density at radius 2 is 1.55 bits per heavy atom. The fourth-order valence-corrected chi connectivity index (χ4v) is 26.8. The third-order valence-electron chi connectivity index (χ3n) is 22.5. The van der Waals surface area contributed by atoms with Crippen molar-refractivity contribution in [2.24, 2.45) is 29.6 Å². The van der Waals surface area contributed by atoms with Gasteiger partial charge in [0.1, 0.15) is 34.3 Å². The van der Waals surface area contributed by atoms with E-state index < -0.39 is 41.0 Å². The standard InChI is InChI=1S/C74H81NO10S6/c1-36(2)21-45-27-51-54-34-89-90-60-28-44-23-38-10-8-37(9-11-38)22-40-14-17-74(83,32-46(40)33-87-88-35-55(44)75-66(60)43-6-3-5-39(24-43)25-50(54)67(45)79)18-15-41-26-42-12-13-48-64-61(42)49(47(41)16-19-76)29-52-62(64)53-30-58(56(77)7-4-20-86-91-73(48)68(53)80)84-72-63(52)57(78)31-59-65(72)69(81)70(82)71(51)85-59/h3,5-6,8-13,24,27,29,31,36,40-41,44,46-47,53,55-56,58,60,66,68,73,75-80,82-83H,4,7,14-23,25-26,28,30,32-35H2,1-2H3. The van der Waals surface area contributed by atoms with Crippen molar-refractivity contribution < 1.29 is 44.9 Å². The van der Waals surface area contributed by atoms with Crippen molar-refractivity contribution in [2.75, 3.05) is 23.9 Å². The lowest BCUT2D eigenvalue weighted by molar-refractivity contribution is -0.0416. The van der Waals surface area contributed by atoms with Gasteiger partial charge in [-0.2, -0.15) is 0 Å². The molecule has 2 saturated heterocycles. The quantitative estimate of drug-likeness (QED) is 0.0775. The summed E-state index contributed by atoms with van der Waals surface area (Å²) < 4.78 is 14.2. The van der Waals surface area contributed by atoms with Gasteiger partial charge in [-0.15, -0.1) is 0 Å². The highest BCUT2D eigenvalue weighted by Gasteiger charge is 2.48. The first kappa shape index (κ1) is 61.7. The number of ether oxygens (including phenoxy) is 1. The summed E-state index contributed by atoms with van der Waals surface area (Å²) in [5, 5.41) is 94.6. The number of fused-ring (bicyclic) bond motifs is 8. The minimum Gasteiger partial charge on any atom is -0.507 e. The monoisotopic (exact) mass is 1340 g/mol. The molecule has 14 unspecified atom stereocenters. The van der Waals surface area contributed by atoms with Crippen LogP contribution in [0.5, 0.6) is 23.0 Å². The first-order chi connectivity index (χ1) is 44.2. The molecule has 11 heterocycles. The smallest absolute Gasteiger partial charge is 0.238 e. The molecule has 20 rings (SSSR count). The van der Waals surface area contributed by atoms with E-state index >= 15 is 4.79 Å². The van der Waals surface area contributed by atoms with Gasteiger partial charge in [-0.25, -0.2) is 0 Å².